The Bertz CT molecular complexity index is 1250. The van der Waals surface area contributed by atoms with E-state index in [4.69, 9.17) is 14.7 Å². The van der Waals surface area contributed by atoms with Gasteiger partial charge in [-0.15, -0.1) is 0 Å². The third-order valence-electron chi connectivity index (χ3n) is 8.63. The molecule has 38 heavy (non-hydrogen) atoms. The third-order valence-corrected chi connectivity index (χ3v) is 8.63. The number of aromatic amines is 1. The highest BCUT2D eigenvalue weighted by Crippen LogP contribution is 2.38. The molecule has 10 heteroatoms. The Kier molecular flexibility index (Phi) is 6.65. The molecule has 3 atom stereocenters. The number of H-pyrrole nitrogens is 1. The van der Waals surface area contributed by atoms with Gasteiger partial charge in [0.1, 0.15) is 11.6 Å². The van der Waals surface area contributed by atoms with Crippen molar-refractivity contribution < 1.29 is 4.74 Å². The Morgan fingerprint density at radius 1 is 0.974 bits per heavy atom. The SMILES string of the molecule is Cc1cc(Nc2cc3nc(CN4CCOCC4)ccc3c(NC3C[C@H]4CCC[C@@H](C3)N4N3CCC3)n2)n[nH]1. The molecule has 0 saturated carbocycles. The van der Waals surface area contributed by atoms with E-state index in [0.717, 1.165) is 85.4 Å². The van der Waals surface area contributed by atoms with E-state index in [-0.39, 0.29) is 0 Å². The van der Waals surface area contributed by atoms with Crippen LogP contribution in [-0.2, 0) is 11.3 Å². The van der Waals surface area contributed by atoms with Gasteiger partial charge in [-0.05, 0) is 51.2 Å². The smallest absolute Gasteiger partial charge is 0.153 e. The van der Waals surface area contributed by atoms with Gasteiger partial charge in [0.2, 0.25) is 0 Å². The Hall–Kier alpha value is -2.79. The molecule has 4 saturated heterocycles. The summed E-state index contributed by atoms with van der Waals surface area (Å²) >= 11 is 0. The zero-order valence-electron chi connectivity index (χ0n) is 22.3. The summed E-state index contributed by atoms with van der Waals surface area (Å²) < 4.78 is 5.53. The average Bonchev–Trinajstić information content (AvgIpc) is 3.28. The van der Waals surface area contributed by atoms with Crippen LogP contribution in [0.25, 0.3) is 10.9 Å². The minimum Gasteiger partial charge on any atom is -0.379 e. The van der Waals surface area contributed by atoms with E-state index in [9.17, 15) is 0 Å². The van der Waals surface area contributed by atoms with Gasteiger partial charge in [-0.3, -0.25) is 15.0 Å². The molecular formula is C28H39N9O. The van der Waals surface area contributed by atoms with Gasteiger partial charge in [0, 0.05) is 74.1 Å². The van der Waals surface area contributed by atoms with Gasteiger partial charge in [0.25, 0.3) is 0 Å². The second-order valence-corrected chi connectivity index (χ2v) is 11.4. The van der Waals surface area contributed by atoms with E-state index in [1.165, 1.54) is 38.8 Å². The van der Waals surface area contributed by atoms with Crippen LogP contribution in [0.1, 0.15) is 49.9 Å². The quantitative estimate of drug-likeness (QED) is 0.434. The monoisotopic (exact) mass is 517 g/mol. The van der Waals surface area contributed by atoms with Crippen LogP contribution in [0.2, 0.25) is 0 Å². The summed E-state index contributed by atoms with van der Waals surface area (Å²) in [5.41, 5.74) is 3.05. The van der Waals surface area contributed by atoms with E-state index in [0.29, 0.717) is 18.1 Å². The molecule has 10 nitrogen and oxygen atoms in total. The number of fused-ring (bicyclic) bond motifs is 3. The first-order valence-electron chi connectivity index (χ1n) is 14.4. The first-order chi connectivity index (χ1) is 18.7. The Balaban J connectivity index is 1.16. The van der Waals surface area contributed by atoms with Crippen molar-refractivity contribution in [2.75, 3.05) is 50.0 Å². The number of piperidine rings is 2. The third kappa shape index (κ3) is 4.98. The molecule has 0 spiro atoms. The van der Waals surface area contributed by atoms with Crippen LogP contribution in [0.4, 0.5) is 17.5 Å². The van der Waals surface area contributed by atoms with Crippen molar-refractivity contribution in [3.8, 4) is 0 Å². The molecule has 4 aliphatic heterocycles. The number of aromatic nitrogens is 4. The molecule has 0 amide bonds. The Morgan fingerprint density at radius 2 is 1.79 bits per heavy atom. The standard InChI is InChI=1S/C28H39N9O/c1-19-14-27(34-33-19)31-26-17-25-24(7-6-20(29-25)18-35-10-12-38-13-11-35)28(32-26)30-21-15-22-4-2-5-23(16-21)37(22)36-8-3-9-36/h6-7,14,17,21-23H,2-5,8-13,15-16,18H2,1H3,(H3,30,31,32,33,34)/t21?,22-,23+. The highest BCUT2D eigenvalue weighted by Gasteiger charge is 2.42. The van der Waals surface area contributed by atoms with Gasteiger partial charge in [-0.1, -0.05) is 6.42 Å². The molecule has 3 N–H and O–H groups in total. The maximum atomic E-state index is 5.53. The maximum absolute atomic E-state index is 5.53. The second-order valence-electron chi connectivity index (χ2n) is 11.4. The number of ether oxygens (including phenoxy) is 1. The van der Waals surface area contributed by atoms with Crippen molar-refractivity contribution in [1.82, 2.24) is 35.1 Å². The van der Waals surface area contributed by atoms with Crippen molar-refractivity contribution in [3.63, 3.8) is 0 Å². The van der Waals surface area contributed by atoms with Crippen molar-refractivity contribution in [2.24, 2.45) is 0 Å². The van der Waals surface area contributed by atoms with Gasteiger partial charge in [-0.25, -0.2) is 15.0 Å². The maximum Gasteiger partial charge on any atom is 0.153 e. The molecule has 3 aromatic heterocycles. The number of nitrogens with zero attached hydrogens (tertiary/aromatic N) is 6. The topological polar surface area (TPSA) is 97.5 Å². The zero-order valence-corrected chi connectivity index (χ0v) is 22.3. The predicted molar refractivity (Wildman–Crippen MR) is 148 cm³/mol. The molecule has 1 unspecified atom stereocenters. The first kappa shape index (κ1) is 24.3. The van der Waals surface area contributed by atoms with Gasteiger partial charge in [0.15, 0.2) is 5.82 Å². The number of anilines is 3. The normalized spacial score (nSPS) is 26.8. The minimum absolute atomic E-state index is 0.412. The summed E-state index contributed by atoms with van der Waals surface area (Å²) in [5, 5.41) is 21.1. The van der Waals surface area contributed by atoms with E-state index in [1.54, 1.807) is 0 Å². The minimum atomic E-state index is 0.412. The van der Waals surface area contributed by atoms with Crippen LogP contribution in [0.15, 0.2) is 24.3 Å². The van der Waals surface area contributed by atoms with E-state index in [2.05, 4.69) is 53.9 Å². The van der Waals surface area contributed by atoms with Crippen molar-refractivity contribution >= 4 is 28.4 Å². The van der Waals surface area contributed by atoms with Crippen molar-refractivity contribution in [1.29, 1.82) is 0 Å². The number of aryl methyl sites for hydroxylation is 1. The molecule has 3 aromatic rings. The number of morpholine rings is 1. The number of hydrazine groups is 1. The second kappa shape index (κ2) is 10.4. The number of hydrogen-bond donors (Lipinski definition) is 3. The number of hydrogen-bond acceptors (Lipinski definition) is 9. The number of nitrogens with one attached hydrogen (secondary N) is 3. The van der Waals surface area contributed by atoms with E-state index < -0.39 is 0 Å². The summed E-state index contributed by atoms with van der Waals surface area (Å²) in [6.45, 7) is 8.79. The molecule has 202 valence electrons. The zero-order chi connectivity index (χ0) is 25.5. The lowest BCUT2D eigenvalue weighted by Gasteiger charge is -2.55. The highest BCUT2D eigenvalue weighted by molar-refractivity contribution is 5.91. The molecule has 7 rings (SSSR count). The molecule has 0 radical (unpaired) electrons. The lowest BCUT2D eigenvalue weighted by Crippen LogP contribution is -2.64. The van der Waals surface area contributed by atoms with Crippen LogP contribution in [-0.4, -0.2) is 92.6 Å². The lowest BCUT2D eigenvalue weighted by molar-refractivity contribution is -0.165. The molecule has 2 bridgehead atoms. The van der Waals surface area contributed by atoms with Crippen LogP contribution in [0, 0.1) is 6.92 Å². The Labute approximate surface area is 224 Å². The lowest BCUT2D eigenvalue weighted by atomic mass is 9.82. The van der Waals surface area contributed by atoms with Gasteiger partial charge in [-0.2, -0.15) is 5.10 Å². The molecule has 7 heterocycles. The fraction of sp³-hybridized carbons (Fsp3) is 0.607. The van der Waals surface area contributed by atoms with Crippen molar-refractivity contribution in [2.45, 2.75) is 70.1 Å². The molecule has 0 aliphatic carbocycles. The first-order valence-corrected chi connectivity index (χ1v) is 14.4. The predicted octanol–water partition coefficient (Wildman–Crippen LogP) is 3.66. The molecular weight excluding hydrogens is 478 g/mol. The van der Waals surface area contributed by atoms with Crippen LogP contribution in [0.3, 0.4) is 0 Å². The summed E-state index contributed by atoms with van der Waals surface area (Å²) in [4.78, 5) is 12.6. The van der Waals surface area contributed by atoms with Crippen LogP contribution < -0.4 is 10.6 Å². The van der Waals surface area contributed by atoms with Gasteiger partial charge >= 0.3 is 0 Å². The summed E-state index contributed by atoms with van der Waals surface area (Å²) in [5.74, 6) is 2.45. The fourth-order valence-corrected chi connectivity index (χ4v) is 6.69. The summed E-state index contributed by atoms with van der Waals surface area (Å²) in [6.07, 6.45) is 7.61. The van der Waals surface area contributed by atoms with Gasteiger partial charge < -0.3 is 15.4 Å². The summed E-state index contributed by atoms with van der Waals surface area (Å²) in [7, 11) is 0. The molecule has 4 aliphatic rings. The fourth-order valence-electron chi connectivity index (χ4n) is 6.69. The van der Waals surface area contributed by atoms with Crippen LogP contribution in [0.5, 0.6) is 0 Å². The average molecular weight is 518 g/mol. The molecule has 4 fully saturated rings. The van der Waals surface area contributed by atoms with E-state index >= 15 is 0 Å². The van der Waals surface area contributed by atoms with Gasteiger partial charge in [0.05, 0.1) is 24.4 Å². The Morgan fingerprint density at radius 3 is 2.50 bits per heavy atom. The van der Waals surface area contributed by atoms with Crippen molar-refractivity contribution in [3.05, 3.63) is 35.7 Å². The summed E-state index contributed by atoms with van der Waals surface area (Å²) in [6, 6.07) is 10.1. The van der Waals surface area contributed by atoms with E-state index in [1.807, 2.05) is 13.0 Å². The number of pyridine rings is 2. The highest BCUT2D eigenvalue weighted by atomic mass is 16.5. The molecule has 0 aromatic carbocycles. The number of rotatable bonds is 7. The van der Waals surface area contributed by atoms with Crippen LogP contribution >= 0.6 is 0 Å². The largest absolute Gasteiger partial charge is 0.379 e.